The summed E-state index contributed by atoms with van der Waals surface area (Å²) >= 11 is 2.01. The zero-order valence-electron chi connectivity index (χ0n) is 13.6. The lowest BCUT2D eigenvalue weighted by molar-refractivity contribution is 0.592. The van der Waals surface area contributed by atoms with Gasteiger partial charge in [0.1, 0.15) is 0 Å². The van der Waals surface area contributed by atoms with E-state index in [4.69, 9.17) is 7.85 Å². The Balaban J connectivity index is 2.91. The summed E-state index contributed by atoms with van der Waals surface area (Å²) in [6.07, 6.45) is 5.70. The molecular weight excluding hydrogens is 247 g/mol. The van der Waals surface area contributed by atoms with Crippen molar-refractivity contribution in [2.24, 2.45) is 0 Å². The topological polar surface area (TPSA) is 0 Å². The van der Waals surface area contributed by atoms with Crippen LogP contribution in [0.5, 0.6) is 0 Å². The second-order valence-corrected chi connectivity index (χ2v) is 8.62. The summed E-state index contributed by atoms with van der Waals surface area (Å²) in [6, 6.07) is 2.45. The Morgan fingerprint density at radius 1 is 0.947 bits per heavy atom. The van der Waals surface area contributed by atoms with Gasteiger partial charge in [-0.1, -0.05) is 60.7 Å². The first-order chi connectivity index (χ1) is 8.66. The van der Waals surface area contributed by atoms with E-state index >= 15 is 0 Å². The zero-order chi connectivity index (χ0) is 14.7. The number of aryl methyl sites for hydroxylation is 1. The Bertz CT molecular complexity index is 390. The molecular formula is C17H29BS. The van der Waals surface area contributed by atoms with Gasteiger partial charge in [-0.2, -0.15) is 0 Å². The first-order valence-corrected chi connectivity index (χ1v) is 8.31. The molecule has 0 nitrogen and oxygen atoms in total. The SMILES string of the molecule is [B]CCCCCc1cc(C(C)(C)C)sc1C(C)(C)C. The minimum atomic E-state index is 0.261. The maximum absolute atomic E-state index is 5.57. The van der Waals surface area contributed by atoms with Crippen molar-refractivity contribution < 1.29 is 0 Å². The Labute approximate surface area is 125 Å². The van der Waals surface area contributed by atoms with Gasteiger partial charge in [0.15, 0.2) is 0 Å². The largest absolute Gasteiger partial charge is 0.144 e. The average Bonchev–Trinajstić information content (AvgIpc) is 2.67. The summed E-state index contributed by atoms with van der Waals surface area (Å²) in [6.45, 7) is 13.9. The fourth-order valence-corrected chi connectivity index (χ4v) is 3.58. The van der Waals surface area contributed by atoms with Gasteiger partial charge in [-0.3, -0.25) is 0 Å². The highest BCUT2D eigenvalue weighted by atomic mass is 32.1. The van der Waals surface area contributed by atoms with Crippen LogP contribution in [0.15, 0.2) is 6.07 Å². The molecule has 0 unspecified atom stereocenters. The first-order valence-electron chi connectivity index (χ1n) is 7.50. The number of hydrogen-bond acceptors (Lipinski definition) is 1. The Morgan fingerprint density at radius 3 is 2.05 bits per heavy atom. The van der Waals surface area contributed by atoms with E-state index in [1.165, 1.54) is 24.1 Å². The van der Waals surface area contributed by atoms with Gasteiger partial charge >= 0.3 is 0 Å². The lowest BCUT2D eigenvalue weighted by Gasteiger charge is -2.19. The van der Waals surface area contributed by atoms with E-state index < -0.39 is 0 Å². The van der Waals surface area contributed by atoms with Crippen LogP contribution in [0, 0.1) is 0 Å². The molecule has 0 aromatic carbocycles. The minimum Gasteiger partial charge on any atom is -0.144 e. The molecule has 0 aliphatic carbocycles. The maximum Gasteiger partial charge on any atom is 0.0653 e. The van der Waals surface area contributed by atoms with Crippen molar-refractivity contribution in [1.82, 2.24) is 0 Å². The molecule has 0 aliphatic heterocycles. The molecule has 1 aromatic heterocycles. The second-order valence-electron chi connectivity index (χ2n) is 7.56. The van der Waals surface area contributed by atoms with Crippen molar-refractivity contribution in [1.29, 1.82) is 0 Å². The van der Waals surface area contributed by atoms with Crippen molar-refractivity contribution in [2.75, 3.05) is 0 Å². The smallest absolute Gasteiger partial charge is 0.0653 e. The quantitative estimate of drug-likeness (QED) is 0.482. The van der Waals surface area contributed by atoms with E-state index in [1.54, 1.807) is 10.4 Å². The summed E-state index contributed by atoms with van der Waals surface area (Å²) in [5.74, 6) is 0. The molecule has 0 amide bonds. The van der Waals surface area contributed by atoms with Crippen molar-refractivity contribution in [2.45, 2.75) is 84.4 Å². The molecule has 2 heteroatoms. The Kier molecular flexibility index (Phi) is 5.73. The van der Waals surface area contributed by atoms with E-state index in [1.807, 2.05) is 11.3 Å². The third kappa shape index (κ3) is 4.98. The molecule has 0 spiro atoms. The molecule has 1 aromatic rings. The first kappa shape index (κ1) is 16.8. The fraction of sp³-hybridized carbons (Fsp3) is 0.765. The number of hydrogen-bond donors (Lipinski definition) is 0. The van der Waals surface area contributed by atoms with Crippen LogP contribution >= 0.6 is 11.3 Å². The standard InChI is InChI=1S/C17H29BS/c1-16(2,3)14-12-13(10-8-7-9-11-18)15(19-14)17(4,5)6/h12H,7-11H2,1-6H3. The maximum atomic E-state index is 5.57. The molecule has 106 valence electrons. The highest BCUT2D eigenvalue weighted by molar-refractivity contribution is 7.12. The van der Waals surface area contributed by atoms with Crippen molar-refractivity contribution in [3.05, 3.63) is 21.4 Å². The van der Waals surface area contributed by atoms with Crippen LogP contribution in [-0.2, 0) is 17.3 Å². The molecule has 2 radical (unpaired) electrons. The summed E-state index contributed by atoms with van der Waals surface area (Å²) in [5, 5.41) is 0. The number of rotatable bonds is 5. The van der Waals surface area contributed by atoms with E-state index in [0.29, 0.717) is 0 Å². The van der Waals surface area contributed by atoms with Crippen LogP contribution in [0.2, 0.25) is 6.32 Å². The molecule has 1 heterocycles. The van der Waals surface area contributed by atoms with Gasteiger partial charge < -0.3 is 0 Å². The fourth-order valence-electron chi connectivity index (χ4n) is 2.26. The highest BCUT2D eigenvalue weighted by Crippen LogP contribution is 2.39. The third-order valence-corrected chi connectivity index (χ3v) is 5.41. The van der Waals surface area contributed by atoms with Gasteiger partial charge in [-0.15, -0.1) is 11.3 Å². The molecule has 0 bridgehead atoms. The third-order valence-electron chi connectivity index (χ3n) is 3.38. The van der Waals surface area contributed by atoms with Crippen molar-refractivity contribution in [3.8, 4) is 0 Å². The van der Waals surface area contributed by atoms with Crippen LogP contribution in [-0.4, -0.2) is 7.85 Å². The zero-order valence-corrected chi connectivity index (χ0v) is 14.4. The summed E-state index contributed by atoms with van der Waals surface area (Å²) in [5.41, 5.74) is 2.09. The van der Waals surface area contributed by atoms with Crippen LogP contribution < -0.4 is 0 Å². The van der Waals surface area contributed by atoms with E-state index in [2.05, 4.69) is 47.6 Å². The summed E-state index contributed by atoms with van der Waals surface area (Å²) in [4.78, 5) is 3.09. The van der Waals surface area contributed by atoms with Crippen LogP contribution in [0.4, 0.5) is 0 Å². The van der Waals surface area contributed by atoms with Crippen molar-refractivity contribution >= 4 is 19.2 Å². The average molecular weight is 276 g/mol. The van der Waals surface area contributed by atoms with Gasteiger partial charge in [0, 0.05) is 9.75 Å². The van der Waals surface area contributed by atoms with Gasteiger partial charge in [-0.25, -0.2) is 0 Å². The molecule has 19 heavy (non-hydrogen) atoms. The highest BCUT2D eigenvalue weighted by Gasteiger charge is 2.25. The van der Waals surface area contributed by atoms with Gasteiger partial charge in [0.2, 0.25) is 0 Å². The lowest BCUT2D eigenvalue weighted by Crippen LogP contribution is -2.11. The molecule has 0 atom stereocenters. The molecule has 0 saturated carbocycles. The van der Waals surface area contributed by atoms with Gasteiger partial charge in [-0.05, 0) is 35.3 Å². The van der Waals surface area contributed by atoms with Crippen molar-refractivity contribution in [3.63, 3.8) is 0 Å². The summed E-state index contributed by atoms with van der Waals surface area (Å²) < 4.78 is 0. The predicted octanol–water partition coefficient (Wildman–Crippen LogP) is 5.64. The molecule has 0 N–H and O–H groups in total. The summed E-state index contributed by atoms with van der Waals surface area (Å²) in [7, 11) is 5.57. The molecule has 0 saturated heterocycles. The lowest BCUT2D eigenvalue weighted by atomic mass is 9.88. The van der Waals surface area contributed by atoms with Gasteiger partial charge in [0.05, 0.1) is 7.85 Å². The Hall–Kier alpha value is -0.235. The monoisotopic (exact) mass is 276 g/mol. The minimum absolute atomic E-state index is 0.261. The van der Waals surface area contributed by atoms with Crippen LogP contribution in [0.3, 0.4) is 0 Å². The van der Waals surface area contributed by atoms with E-state index in [9.17, 15) is 0 Å². The predicted molar refractivity (Wildman–Crippen MR) is 89.8 cm³/mol. The molecule has 0 aliphatic rings. The normalized spacial score (nSPS) is 12.9. The Morgan fingerprint density at radius 2 is 1.58 bits per heavy atom. The van der Waals surface area contributed by atoms with Crippen LogP contribution in [0.25, 0.3) is 0 Å². The molecule has 1 rings (SSSR count). The number of thiophene rings is 1. The van der Waals surface area contributed by atoms with E-state index in [-0.39, 0.29) is 10.8 Å². The van der Waals surface area contributed by atoms with Gasteiger partial charge in [0.25, 0.3) is 0 Å². The van der Waals surface area contributed by atoms with E-state index in [0.717, 1.165) is 12.7 Å². The second kappa shape index (κ2) is 6.48. The molecule has 0 fully saturated rings. The number of unbranched alkanes of at least 4 members (excludes halogenated alkanes) is 2. The van der Waals surface area contributed by atoms with Crippen LogP contribution in [0.1, 0.15) is 76.1 Å².